The predicted octanol–water partition coefficient (Wildman–Crippen LogP) is 2.21. The molecule has 340 valence electrons. The fourth-order valence-corrected chi connectivity index (χ4v) is 6.81. The second-order valence-corrected chi connectivity index (χ2v) is 15.1. The average molecular weight is 877 g/mol. The summed E-state index contributed by atoms with van der Waals surface area (Å²) < 4.78 is 40.9. The summed E-state index contributed by atoms with van der Waals surface area (Å²) in [6.45, 7) is 4.38. The van der Waals surface area contributed by atoms with Crippen molar-refractivity contribution in [3.8, 4) is 23.0 Å². The molecule has 0 aromatic heterocycles. The summed E-state index contributed by atoms with van der Waals surface area (Å²) in [7, 11) is 0. The molecule has 6 rings (SSSR count). The molecule has 0 saturated carbocycles. The Bertz CT molecular complexity index is 1920. The molecule has 2 aliphatic rings. The number of carbonyl (C=O) groups is 2. The molecule has 0 unspecified atom stereocenters. The summed E-state index contributed by atoms with van der Waals surface area (Å²) in [6, 6.07) is 28.2. The van der Waals surface area contributed by atoms with Gasteiger partial charge in [-0.1, -0.05) is 74.5 Å². The van der Waals surface area contributed by atoms with Crippen molar-refractivity contribution in [3.63, 3.8) is 0 Å². The van der Waals surface area contributed by atoms with E-state index in [1.165, 1.54) is 12.1 Å². The molecule has 2 saturated heterocycles. The summed E-state index contributed by atoms with van der Waals surface area (Å²) in [5.74, 6) is 0.225. The van der Waals surface area contributed by atoms with Crippen LogP contribution in [0.5, 0.6) is 23.0 Å². The second kappa shape index (κ2) is 22.8. The molecule has 8 N–H and O–H groups in total. The third-order valence-electron chi connectivity index (χ3n) is 10.3. The van der Waals surface area contributed by atoms with Crippen LogP contribution in [0.3, 0.4) is 0 Å². The maximum atomic E-state index is 13.5. The topological polar surface area (TPSA) is 244 Å². The number of aliphatic hydroxyl groups excluding tert-OH is 6. The number of rotatable bonds is 20. The highest BCUT2D eigenvalue weighted by molar-refractivity contribution is 5.97. The Morgan fingerprint density at radius 2 is 0.921 bits per heavy atom. The van der Waals surface area contributed by atoms with Gasteiger partial charge < -0.3 is 74.4 Å². The van der Waals surface area contributed by atoms with Crippen molar-refractivity contribution in [2.75, 3.05) is 26.3 Å². The predicted molar refractivity (Wildman–Crippen MR) is 225 cm³/mol. The molecule has 0 radical (unpaired) electrons. The first kappa shape index (κ1) is 47.1. The van der Waals surface area contributed by atoms with E-state index in [0.717, 1.165) is 24.0 Å². The van der Waals surface area contributed by atoms with Gasteiger partial charge in [0.2, 0.25) is 0 Å². The summed E-state index contributed by atoms with van der Waals surface area (Å²) in [5, 5.41) is 70.4. The van der Waals surface area contributed by atoms with E-state index < -0.39 is 73.2 Å². The molecule has 0 spiro atoms. The molecule has 0 aliphatic carbocycles. The summed E-state index contributed by atoms with van der Waals surface area (Å²) in [4.78, 5) is 27.1. The molecule has 4 aromatic rings. The molecular weight excluding hydrogens is 821 g/mol. The number of hydrogen-bond donors (Lipinski definition) is 8. The van der Waals surface area contributed by atoms with Gasteiger partial charge in [-0.3, -0.25) is 9.59 Å². The van der Waals surface area contributed by atoms with Crippen LogP contribution >= 0.6 is 0 Å². The normalized spacial score (nSPS) is 25.7. The monoisotopic (exact) mass is 876 g/mol. The highest BCUT2D eigenvalue weighted by Crippen LogP contribution is 2.31. The number of nitrogens with one attached hydrogen (secondary N) is 2. The summed E-state index contributed by atoms with van der Waals surface area (Å²) in [5.41, 5.74) is 2.02. The summed E-state index contributed by atoms with van der Waals surface area (Å²) >= 11 is 0. The largest absolute Gasteiger partial charge is 0.493 e. The van der Waals surface area contributed by atoms with Crippen LogP contribution in [0.2, 0.25) is 0 Å². The molecule has 17 nitrogen and oxygen atoms in total. The van der Waals surface area contributed by atoms with Crippen LogP contribution < -0.4 is 29.6 Å². The number of benzene rings is 4. The van der Waals surface area contributed by atoms with E-state index in [1.807, 2.05) is 74.5 Å². The third-order valence-corrected chi connectivity index (χ3v) is 10.3. The third kappa shape index (κ3) is 12.4. The van der Waals surface area contributed by atoms with E-state index >= 15 is 0 Å². The standard InChI is InChI=1S/C46H56N2O15/c1-3-19-57-29-15-17-31(33(21-29)59-25-27-11-7-5-8-12-27)43(55)47-23-35-37(49)39(51)41(53)45(61-35)63-46-42(54)40(52)38(50)36(62-46)24-48-44(56)32-18-16-30(58-20-4-2)22-34(32)60-26-28-13-9-6-10-14-28/h5-18,21-22,35-42,45-46,49-54H,3-4,19-20,23-26H2,1-2H3,(H,47,55)(H,48,56)/t35-,36-,37-,38-,39+,40+,41-,42-,45-,46-/m1/s1. The lowest BCUT2D eigenvalue weighted by Gasteiger charge is -2.45. The van der Waals surface area contributed by atoms with Crippen LogP contribution in [0.1, 0.15) is 58.5 Å². The maximum absolute atomic E-state index is 13.5. The molecule has 2 amide bonds. The van der Waals surface area contributed by atoms with Gasteiger partial charge in [0.25, 0.3) is 11.8 Å². The smallest absolute Gasteiger partial charge is 0.255 e. The van der Waals surface area contributed by atoms with Crippen LogP contribution in [0, 0.1) is 0 Å². The van der Waals surface area contributed by atoms with E-state index in [4.69, 9.17) is 33.2 Å². The minimum Gasteiger partial charge on any atom is -0.493 e. The van der Waals surface area contributed by atoms with Crippen LogP contribution in [-0.4, -0.2) is 130 Å². The van der Waals surface area contributed by atoms with Crippen LogP contribution in [0.15, 0.2) is 97.1 Å². The first-order chi connectivity index (χ1) is 30.5. The van der Waals surface area contributed by atoms with Crippen molar-refractivity contribution in [2.24, 2.45) is 0 Å². The molecule has 2 aliphatic heterocycles. The number of carbonyl (C=O) groups excluding carboxylic acids is 2. The highest BCUT2D eigenvalue weighted by Gasteiger charge is 2.50. The highest BCUT2D eigenvalue weighted by atomic mass is 16.8. The lowest BCUT2D eigenvalue weighted by Crippen LogP contribution is -2.64. The van der Waals surface area contributed by atoms with Crippen molar-refractivity contribution in [3.05, 3.63) is 119 Å². The molecule has 10 atom stereocenters. The van der Waals surface area contributed by atoms with Crippen molar-refractivity contribution >= 4 is 11.8 Å². The Morgan fingerprint density at radius 3 is 1.30 bits per heavy atom. The van der Waals surface area contributed by atoms with E-state index in [-0.39, 0.29) is 48.9 Å². The van der Waals surface area contributed by atoms with Crippen LogP contribution in [0.25, 0.3) is 0 Å². The van der Waals surface area contributed by atoms with Gasteiger partial charge in [-0.2, -0.15) is 0 Å². The van der Waals surface area contributed by atoms with Gasteiger partial charge >= 0.3 is 0 Å². The van der Waals surface area contributed by atoms with E-state index in [2.05, 4.69) is 10.6 Å². The Morgan fingerprint density at radius 1 is 0.524 bits per heavy atom. The van der Waals surface area contributed by atoms with Gasteiger partial charge in [0.15, 0.2) is 12.6 Å². The quantitative estimate of drug-likeness (QED) is 0.0635. The fourth-order valence-electron chi connectivity index (χ4n) is 6.81. The molecule has 4 aromatic carbocycles. The molecule has 2 fully saturated rings. The Kier molecular flexibility index (Phi) is 17.1. The van der Waals surface area contributed by atoms with Crippen LogP contribution in [-0.2, 0) is 27.4 Å². The van der Waals surface area contributed by atoms with Crippen molar-refractivity contribution in [2.45, 2.75) is 101 Å². The SMILES string of the molecule is CCCOc1ccc(C(=O)NC[C@H]2O[C@H](O[C@H]3O[C@H](CNC(=O)c4ccc(OCCC)cc4OCc4ccccc4)[C@@H](O)[C@H](O)[C@H]3O)[C@H](O)[C@@H](O)[C@@H]2O)c(OCc2ccccc2)c1. The lowest BCUT2D eigenvalue weighted by molar-refractivity contribution is -0.372. The van der Waals surface area contributed by atoms with Crippen molar-refractivity contribution in [1.82, 2.24) is 10.6 Å². The van der Waals surface area contributed by atoms with Gasteiger partial charge in [-0.15, -0.1) is 0 Å². The number of aliphatic hydroxyl groups is 6. The second-order valence-electron chi connectivity index (χ2n) is 15.1. The first-order valence-corrected chi connectivity index (χ1v) is 21.0. The van der Waals surface area contributed by atoms with Crippen molar-refractivity contribution < 1.29 is 73.4 Å². The average Bonchev–Trinajstić information content (AvgIpc) is 3.31. The van der Waals surface area contributed by atoms with E-state index in [1.54, 1.807) is 24.3 Å². The minimum atomic E-state index is -1.89. The summed E-state index contributed by atoms with van der Waals surface area (Å²) in [6.07, 6.45) is -15.6. The molecular formula is C46H56N2O15. The Labute approximate surface area is 365 Å². The van der Waals surface area contributed by atoms with Crippen molar-refractivity contribution in [1.29, 1.82) is 0 Å². The molecule has 17 heteroatoms. The van der Waals surface area contributed by atoms with Gasteiger partial charge in [-0.25, -0.2) is 0 Å². The zero-order valence-corrected chi connectivity index (χ0v) is 35.0. The van der Waals surface area contributed by atoms with E-state index in [0.29, 0.717) is 24.7 Å². The first-order valence-electron chi connectivity index (χ1n) is 21.0. The van der Waals surface area contributed by atoms with Gasteiger partial charge in [0, 0.05) is 25.2 Å². The molecule has 0 bridgehead atoms. The Hall–Kier alpha value is -5.34. The number of amides is 2. The van der Waals surface area contributed by atoms with Crippen LogP contribution in [0.4, 0.5) is 0 Å². The van der Waals surface area contributed by atoms with E-state index in [9.17, 15) is 40.2 Å². The fraction of sp³-hybridized carbons (Fsp3) is 0.435. The molecule has 63 heavy (non-hydrogen) atoms. The number of ether oxygens (including phenoxy) is 7. The van der Waals surface area contributed by atoms with Gasteiger partial charge in [0.05, 0.1) is 24.3 Å². The van der Waals surface area contributed by atoms with Gasteiger partial charge in [0.1, 0.15) is 85.0 Å². The zero-order valence-electron chi connectivity index (χ0n) is 35.0. The molecule has 2 heterocycles. The zero-order chi connectivity index (χ0) is 44.9. The lowest BCUT2D eigenvalue weighted by atomic mass is 9.97. The maximum Gasteiger partial charge on any atom is 0.255 e. The Balaban J connectivity index is 1.09. The minimum absolute atomic E-state index is 0.145. The van der Waals surface area contributed by atoms with Gasteiger partial charge in [-0.05, 0) is 48.2 Å². The number of hydrogen-bond acceptors (Lipinski definition) is 15.